The van der Waals surface area contributed by atoms with Crippen LogP contribution in [0.4, 0.5) is 5.82 Å². The average molecular weight is 351 g/mol. The highest BCUT2D eigenvalue weighted by Crippen LogP contribution is 2.27. The van der Waals surface area contributed by atoms with Crippen molar-refractivity contribution < 1.29 is 9.84 Å². The molecule has 0 saturated carbocycles. The molecular formula is C19H21N5O2. The van der Waals surface area contributed by atoms with E-state index in [4.69, 9.17) is 4.74 Å². The van der Waals surface area contributed by atoms with Gasteiger partial charge >= 0.3 is 0 Å². The fourth-order valence-corrected chi connectivity index (χ4v) is 2.69. The Balaban J connectivity index is 2.16. The van der Waals surface area contributed by atoms with Crippen LogP contribution in [0.5, 0.6) is 5.75 Å². The van der Waals surface area contributed by atoms with Gasteiger partial charge in [-0.3, -0.25) is 0 Å². The molecule has 1 aromatic heterocycles. The molecule has 3 rings (SSSR count). The zero-order valence-corrected chi connectivity index (χ0v) is 14.9. The standard InChI is InChI=1S/C19H21N5O2/c1-23(2)7-6-17-16(13-20)19(24-8-10-26-11-9-24)22-18(21-17)14-4-3-5-15(25)12-14/h3-7,12,25H,8-11H2,1-2H3/b7-6+. The van der Waals surface area contributed by atoms with Crippen LogP contribution in [0.25, 0.3) is 17.5 Å². The Hall–Kier alpha value is -3.11. The SMILES string of the molecule is CN(C)/C=C/c1nc(-c2cccc(O)c2)nc(N2CCOCC2)c1C#N. The van der Waals surface area contributed by atoms with Crippen LogP contribution in [-0.2, 0) is 4.74 Å². The molecule has 0 amide bonds. The van der Waals surface area contributed by atoms with Crippen LogP contribution >= 0.6 is 0 Å². The van der Waals surface area contributed by atoms with Crippen LogP contribution in [0.15, 0.2) is 30.5 Å². The quantitative estimate of drug-likeness (QED) is 0.902. The van der Waals surface area contributed by atoms with Crippen LogP contribution in [0, 0.1) is 11.3 Å². The van der Waals surface area contributed by atoms with E-state index in [1.165, 1.54) is 0 Å². The average Bonchev–Trinajstić information content (AvgIpc) is 2.66. The summed E-state index contributed by atoms with van der Waals surface area (Å²) >= 11 is 0. The monoisotopic (exact) mass is 351 g/mol. The van der Waals surface area contributed by atoms with Crippen LogP contribution in [0.3, 0.4) is 0 Å². The Morgan fingerprint density at radius 3 is 2.69 bits per heavy atom. The van der Waals surface area contributed by atoms with Gasteiger partial charge in [0.25, 0.3) is 0 Å². The summed E-state index contributed by atoms with van der Waals surface area (Å²) < 4.78 is 5.41. The molecule has 0 radical (unpaired) electrons. The number of phenolic OH excluding ortho intramolecular Hbond substituents is 1. The summed E-state index contributed by atoms with van der Waals surface area (Å²) in [6.45, 7) is 2.53. The first kappa shape index (κ1) is 17.7. The normalized spacial score (nSPS) is 14.4. The zero-order valence-electron chi connectivity index (χ0n) is 14.9. The van der Waals surface area contributed by atoms with E-state index in [0.29, 0.717) is 54.8 Å². The maximum Gasteiger partial charge on any atom is 0.162 e. The van der Waals surface area contributed by atoms with Crippen molar-refractivity contribution in [2.24, 2.45) is 0 Å². The van der Waals surface area contributed by atoms with Gasteiger partial charge in [-0.05, 0) is 18.2 Å². The maximum atomic E-state index is 9.78. The predicted molar refractivity (Wildman–Crippen MR) is 99.6 cm³/mol. The first-order chi connectivity index (χ1) is 12.6. The van der Waals surface area contributed by atoms with Gasteiger partial charge in [0, 0.05) is 38.9 Å². The Labute approximate surface area is 152 Å². The van der Waals surface area contributed by atoms with Gasteiger partial charge in [0.05, 0.1) is 18.9 Å². The van der Waals surface area contributed by atoms with E-state index in [2.05, 4.69) is 16.0 Å². The van der Waals surface area contributed by atoms with E-state index in [1.807, 2.05) is 36.2 Å². The first-order valence-electron chi connectivity index (χ1n) is 8.37. The maximum absolute atomic E-state index is 9.78. The predicted octanol–water partition coefficient (Wildman–Crippen LogP) is 2.09. The van der Waals surface area contributed by atoms with E-state index in [9.17, 15) is 10.4 Å². The molecular weight excluding hydrogens is 330 g/mol. The van der Waals surface area contributed by atoms with Gasteiger partial charge in [-0.1, -0.05) is 12.1 Å². The van der Waals surface area contributed by atoms with Crippen LogP contribution in [-0.4, -0.2) is 60.4 Å². The lowest BCUT2D eigenvalue weighted by atomic mass is 10.1. The fourth-order valence-electron chi connectivity index (χ4n) is 2.69. The van der Waals surface area contributed by atoms with Crippen molar-refractivity contribution in [3.8, 4) is 23.2 Å². The lowest BCUT2D eigenvalue weighted by Gasteiger charge is -2.29. The highest BCUT2D eigenvalue weighted by atomic mass is 16.5. The number of hydrogen-bond acceptors (Lipinski definition) is 7. The highest BCUT2D eigenvalue weighted by molar-refractivity contribution is 5.69. The van der Waals surface area contributed by atoms with E-state index in [-0.39, 0.29) is 5.75 Å². The molecule has 1 N–H and O–H groups in total. The Morgan fingerprint density at radius 1 is 1.27 bits per heavy atom. The second-order valence-electron chi connectivity index (χ2n) is 6.17. The summed E-state index contributed by atoms with van der Waals surface area (Å²) in [5.41, 5.74) is 1.69. The minimum Gasteiger partial charge on any atom is -0.508 e. The Bertz CT molecular complexity index is 851. The van der Waals surface area contributed by atoms with Crippen molar-refractivity contribution in [1.82, 2.24) is 14.9 Å². The number of anilines is 1. The molecule has 1 aliphatic rings. The molecule has 1 aliphatic heterocycles. The summed E-state index contributed by atoms with van der Waals surface area (Å²) in [5, 5.41) is 19.5. The molecule has 2 heterocycles. The molecule has 0 atom stereocenters. The van der Waals surface area contributed by atoms with Crippen molar-refractivity contribution >= 4 is 11.9 Å². The van der Waals surface area contributed by atoms with Crippen molar-refractivity contribution in [2.45, 2.75) is 0 Å². The Morgan fingerprint density at radius 2 is 2.04 bits per heavy atom. The van der Waals surface area contributed by atoms with Crippen LogP contribution in [0.2, 0.25) is 0 Å². The molecule has 134 valence electrons. The molecule has 0 spiro atoms. The van der Waals surface area contributed by atoms with Gasteiger partial charge in [-0.25, -0.2) is 9.97 Å². The van der Waals surface area contributed by atoms with Crippen molar-refractivity contribution in [3.05, 3.63) is 41.7 Å². The third-order valence-electron chi connectivity index (χ3n) is 3.98. The van der Waals surface area contributed by atoms with Crippen molar-refractivity contribution in [1.29, 1.82) is 5.26 Å². The number of benzene rings is 1. The summed E-state index contributed by atoms with van der Waals surface area (Å²) in [4.78, 5) is 13.1. The topological polar surface area (TPSA) is 85.5 Å². The fraction of sp³-hybridized carbons (Fsp3) is 0.316. The second-order valence-corrected chi connectivity index (χ2v) is 6.17. The third kappa shape index (κ3) is 3.92. The van der Waals surface area contributed by atoms with Gasteiger partial charge in [0.15, 0.2) is 11.6 Å². The lowest BCUT2D eigenvalue weighted by molar-refractivity contribution is 0.122. The van der Waals surface area contributed by atoms with E-state index in [0.717, 1.165) is 0 Å². The number of nitrogens with zero attached hydrogens (tertiary/aromatic N) is 5. The first-order valence-corrected chi connectivity index (χ1v) is 8.37. The number of phenols is 1. The van der Waals surface area contributed by atoms with E-state index < -0.39 is 0 Å². The van der Waals surface area contributed by atoms with Gasteiger partial charge in [0.2, 0.25) is 0 Å². The van der Waals surface area contributed by atoms with E-state index in [1.54, 1.807) is 24.3 Å². The molecule has 1 aromatic carbocycles. The molecule has 7 nitrogen and oxygen atoms in total. The number of hydrogen-bond donors (Lipinski definition) is 1. The van der Waals surface area contributed by atoms with Gasteiger partial charge in [0.1, 0.15) is 17.4 Å². The van der Waals surface area contributed by atoms with Gasteiger partial charge < -0.3 is 19.6 Å². The number of nitriles is 1. The number of aromatic hydroxyl groups is 1. The number of morpholine rings is 1. The number of ether oxygens (including phenoxy) is 1. The lowest BCUT2D eigenvalue weighted by Crippen LogP contribution is -2.37. The molecule has 7 heteroatoms. The highest BCUT2D eigenvalue weighted by Gasteiger charge is 2.21. The largest absolute Gasteiger partial charge is 0.508 e. The smallest absolute Gasteiger partial charge is 0.162 e. The minimum atomic E-state index is 0.147. The van der Waals surface area contributed by atoms with Gasteiger partial charge in [-0.15, -0.1) is 0 Å². The van der Waals surface area contributed by atoms with E-state index >= 15 is 0 Å². The second kappa shape index (κ2) is 7.85. The molecule has 2 aromatic rings. The summed E-state index contributed by atoms with van der Waals surface area (Å²) in [6, 6.07) is 9.05. The molecule has 1 saturated heterocycles. The molecule has 0 aliphatic carbocycles. The van der Waals surface area contributed by atoms with Gasteiger partial charge in [-0.2, -0.15) is 5.26 Å². The Kier molecular flexibility index (Phi) is 5.34. The molecule has 26 heavy (non-hydrogen) atoms. The van der Waals surface area contributed by atoms with Crippen molar-refractivity contribution in [3.63, 3.8) is 0 Å². The van der Waals surface area contributed by atoms with Crippen molar-refractivity contribution in [2.75, 3.05) is 45.3 Å². The number of rotatable bonds is 4. The van der Waals surface area contributed by atoms with Crippen LogP contribution < -0.4 is 4.90 Å². The number of aromatic nitrogens is 2. The molecule has 0 unspecified atom stereocenters. The third-order valence-corrected chi connectivity index (χ3v) is 3.98. The summed E-state index contributed by atoms with van der Waals surface area (Å²) in [5.74, 6) is 1.22. The minimum absolute atomic E-state index is 0.147. The zero-order chi connectivity index (χ0) is 18.5. The van der Waals surface area contributed by atoms with Crippen LogP contribution in [0.1, 0.15) is 11.3 Å². The molecule has 0 bridgehead atoms. The summed E-state index contributed by atoms with van der Waals surface area (Å²) in [7, 11) is 3.81. The molecule has 1 fully saturated rings. The summed E-state index contributed by atoms with van der Waals surface area (Å²) in [6.07, 6.45) is 3.65.